The number of H-pyrrole nitrogens is 1. The van der Waals surface area contributed by atoms with Crippen molar-refractivity contribution in [3.05, 3.63) is 12.1 Å². The molecule has 182 valence electrons. The van der Waals surface area contributed by atoms with Crippen molar-refractivity contribution in [2.75, 3.05) is 31.1 Å². The standard InChI is InChI=1S/C17H27N9O5S2/c18-8-10(27)9-21-33(30,31)12-2-1-11(26-5-3-17(4-6-26)7-13(17)19)14(15(12)32(20,28)29)16-22-24-25-23-16/h1-2,10,13,21,27H,3-9,18-19H2,(H2,20,28,29)(H,22,23,24,25)/t10-,13?/m1/s1. The summed E-state index contributed by atoms with van der Waals surface area (Å²) in [5.41, 5.74) is 11.9. The number of aliphatic hydroxyl groups excluding tert-OH is 1. The molecule has 16 heteroatoms. The number of nitrogens with two attached hydrogens (primary N) is 3. The van der Waals surface area contributed by atoms with Gasteiger partial charge in [0.25, 0.3) is 0 Å². The van der Waals surface area contributed by atoms with Gasteiger partial charge in [-0.05, 0) is 42.0 Å². The van der Waals surface area contributed by atoms with E-state index in [-0.39, 0.29) is 29.4 Å². The highest BCUT2D eigenvalue weighted by atomic mass is 32.2. The molecule has 1 saturated heterocycles. The van der Waals surface area contributed by atoms with Gasteiger partial charge >= 0.3 is 0 Å². The summed E-state index contributed by atoms with van der Waals surface area (Å²) in [5, 5.41) is 28.7. The number of anilines is 1. The lowest BCUT2D eigenvalue weighted by molar-refractivity contribution is 0.186. The second kappa shape index (κ2) is 8.53. The fraction of sp³-hybridized carbons (Fsp3) is 0.588. The molecule has 0 bridgehead atoms. The molecule has 2 aromatic rings. The fourth-order valence-electron chi connectivity index (χ4n) is 4.31. The molecule has 0 amide bonds. The SMILES string of the molecule is NC[C@@H](O)CNS(=O)(=O)c1ccc(N2CCC3(CC2)CC3N)c(-c2nn[nH]n2)c1S(N)(=O)=O. The molecule has 2 atom stereocenters. The number of aromatic nitrogens is 4. The lowest BCUT2D eigenvalue weighted by Gasteiger charge is -2.35. The quantitative estimate of drug-likeness (QED) is 0.220. The van der Waals surface area contributed by atoms with Crippen LogP contribution >= 0.6 is 0 Å². The van der Waals surface area contributed by atoms with Gasteiger partial charge in [0.2, 0.25) is 25.9 Å². The first kappa shape index (κ1) is 23.9. The molecule has 2 heterocycles. The van der Waals surface area contributed by atoms with E-state index in [1.807, 2.05) is 4.90 Å². The molecule has 2 aliphatic rings. The Balaban J connectivity index is 1.83. The molecule has 1 aliphatic carbocycles. The third-order valence-corrected chi connectivity index (χ3v) is 8.96. The minimum atomic E-state index is -4.57. The van der Waals surface area contributed by atoms with Gasteiger partial charge in [0.05, 0.1) is 11.7 Å². The van der Waals surface area contributed by atoms with Crippen LogP contribution in [0.5, 0.6) is 0 Å². The van der Waals surface area contributed by atoms with Crippen molar-refractivity contribution in [2.45, 2.75) is 41.2 Å². The van der Waals surface area contributed by atoms with E-state index in [2.05, 4.69) is 25.3 Å². The maximum absolute atomic E-state index is 13.0. The highest BCUT2D eigenvalue weighted by Crippen LogP contribution is 2.53. The Morgan fingerprint density at radius 1 is 1.27 bits per heavy atom. The number of primary sulfonamides is 1. The van der Waals surface area contributed by atoms with Gasteiger partial charge in [0, 0.05) is 37.9 Å². The summed E-state index contributed by atoms with van der Waals surface area (Å²) >= 11 is 0. The van der Waals surface area contributed by atoms with Crippen LogP contribution in [-0.2, 0) is 20.0 Å². The largest absolute Gasteiger partial charge is 0.390 e. The van der Waals surface area contributed by atoms with Crippen LogP contribution in [0.3, 0.4) is 0 Å². The zero-order chi connectivity index (χ0) is 24.0. The van der Waals surface area contributed by atoms with E-state index in [4.69, 9.17) is 16.6 Å². The van der Waals surface area contributed by atoms with Gasteiger partial charge < -0.3 is 21.5 Å². The van der Waals surface area contributed by atoms with Gasteiger partial charge in [0.1, 0.15) is 9.79 Å². The highest BCUT2D eigenvalue weighted by Gasteiger charge is 2.53. The van der Waals surface area contributed by atoms with Crippen molar-refractivity contribution in [1.29, 1.82) is 0 Å². The highest BCUT2D eigenvalue weighted by molar-refractivity contribution is 7.92. The number of sulfonamides is 2. The zero-order valence-corrected chi connectivity index (χ0v) is 19.3. The minimum absolute atomic E-state index is 0.0652. The Labute approximate surface area is 191 Å². The Hall–Kier alpha value is -2.21. The van der Waals surface area contributed by atoms with E-state index < -0.39 is 42.5 Å². The van der Waals surface area contributed by atoms with Crippen LogP contribution in [0.25, 0.3) is 11.4 Å². The molecule has 9 N–H and O–H groups in total. The molecule has 1 aromatic carbocycles. The Kier molecular flexibility index (Phi) is 6.19. The van der Waals surface area contributed by atoms with Gasteiger partial charge in [0.15, 0.2) is 0 Å². The van der Waals surface area contributed by atoms with Crippen molar-refractivity contribution in [2.24, 2.45) is 22.0 Å². The van der Waals surface area contributed by atoms with Crippen molar-refractivity contribution in [3.8, 4) is 11.4 Å². The van der Waals surface area contributed by atoms with Crippen LogP contribution in [0.15, 0.2) is 21.9 Å². The summed E-state index contributed by atoms with van der Waals surface area (Å²) in [4.78, 5) is 0.702. The number of rotatable bonds is 8. The van der Waals surface area contributed by atoms with Crippen LogP contribution < -0.4 is 26.2 Å². The second-order valence-electron chi connectivity index (χ2n) is 8.47. The number of aromatic amines is 1. The molecular weight excluding hydrogens is 474 g/mol. The van der Waals surface area contributed by atoms with E-state index in [9.17, 15) is 21.9 Å². The fourth-order valence-corrected chi connectivity index (χ4v) is 6.98. The normalized spacial score (nSPS) is 21.3. The molecule has 33 heavy (non-hydrogen) atoms. The monoisotopic (exact) mass is 501 g/mol. The Morgan fingerprint density at radius 3 is 2.45 bits per heavy atom. The molecule has 1 aromatic heterocycles. The number of benzene rings is 1. The van der Waals surface area contributed by atoms with Crippen molar-refractivity contribution in [1.82, 2.24) is 25.3 Å². The summed E-state index contributed by atoms with van der Waals surface area (Å²) in [5.74, 6) is -0.114. The molecule has 2 fully saturated rings. The average molecular weight is 502 g/mol. The maximum Gasteiger partial charge on any atom is 0.242 e. The maximum atomic E-state index is 13.0. The molecule has 1 saturated carbocycles. The van der Waals surface area contributed by atoms with Crippen molar-refractivity contribution < 1.29 is 21.9 Å². The third kappa shape index (κ3) is 4.59. The second-order valence-corrected chi connectivity index (χ2v) is 11.7. The van der Waals surface area contributed by atoms with Crippen molar-refractivity contribution >= 4 is 25.7 Å². The molecule has 0 radical (unpaired) electrons. The molecule has 1 spiro atoms. The third-order valence-electron chi connectivity index (χ3n) is 6.38. The number of hydrogen-bond donors (Lipinski definition) is 6. The van der Waals surface area contributed by atoms with Crippen LogP contribution in [0.2, 0.25) is 0 Å². The van der Waals surface area contributed by atoms with E-state index in [0.29, 0.717) is 18.8 Å². The average Bonchev–Trinajstić information content (AvgIpc) is 3.16. The number of piperidine rings is 1. The van der Waals surface area contributed by atoms with Crippen LogP contribution in [0.1, 0.15) is 19.3 Å². The molecular formula is C17H27N9O5S2. The Morgan fingerprint density at radius 2 is 1.94 bits per heavy atom. The van der Waals surface area contributed by atoms with Crippen LogP contribution in [0.4, 0.5) is 5.69 Å². The molecule has 1 unspecified atom stereocenters. The van der Waals surface area contributed by atoms with E-state index in [1.54, 1.807) is 0 Å². The first-order valence-electron chi connectivity index (χ1n) is 10.3. The van der Waals surface area contributed by atoms with Gasteiger partial charge in [-0.2, -0.15) is 5.21 Å². The van der Waals surface area contributed by atoms with Crippen LogP contribution in [0, 0.1) is 5.41 Å². The number of nitrogens with zero attached hydrogens (tertiary/aromatic N) is 4. The van der Waals surface area contributed by atoms with Crippen LogP contribution in [-0.4, -0.2) is 80.9 Å². The van der Waals surface area contributed by atoms with Gasteiger partial charge in [-0.15, -0.1) is 10.2 Å². The predicted octanol–water partition coefficient (Wildman–Crippen LogP) is -2.57. The summed E-state index contributed by atoms with van der Waals surface area (Å²) in [6.45, 7) is 0.597. The number of aliphatic hydroxyl groups is 1. The van der Waals surface area contributed by atoms with E-state index in [1.165, 1.54) is 12.1 Å². The number of hydrogen-bond acceptors (Lipinski definition) is 11. The smallest absolute Gasteiger partial charge is 0.242 e. The zero-order valence-electron chi connectivity index (χ0n) is 17.7. The lowest BCUT2D eigenvalue weighted by atomic mass is 9.92. The van der Waals surface area contributed by atoms with Gasteiger partial charge in [-0.25, -0.2) is 26.7 Å². The Bertz CT molecular complexity index is 1230. The van der Waals surface area contributed by atoms with E-state index in [0.717, 1.165) is 19.3 Å². The summed E-state index contributed by atoms with van der Waals surface area (Å²) in [6, 6.07) is 2.83. The first-order chi connectivity index (χ1) is 15.5. The summed E-state index contributed by atoms with van der Waals surface area (Å²) in [7, 11) is -8.97. The van der Waals surface area contributed by atoms with Gasteiger partial charge in [-0.1, -0.05) is 0 Å². The molecule has 4 rings (SSSR count). The van der Waals surface area contributed by atoms with E-state index >= 15 is 0 Å². The van der Waals surface area contributed by atoms with Crippen molar-refractivity contribution in [3.63, 3.8) is 0 Å². The lowest BCUT2D eigenvalue weighted by Crippen LogP contribution is -2.38. The molecule has 14 nitrogen and oxygen atoms in total. The summed E-state index contributed by atoms with van der Waals surface area (Å²) < 4.78 is 53.5. The number of tetrazole rings is 1. The first-order valence-corrected chi connectivity index (χ1v) is 13.3. The summed E-state index contributed by atoms with van der Waals surface area (Å²) in [6.07, 6.45) is 1.45. The molecule has 1 aliphatic heterocycles. The predicted molar refractivity (Wildman–Crippen MR) is 118 cm³/mol. The minimum Gasteiger partial charge on any atom is -0.390 e. The topological polar surface area (TPSA) is 236 Å². The van der Waals surface area contributed by atoms with Gasteiger partial charge in [-0.3, -0.25) is 0 Å². The number of nitrogens with one attached hydrogen (secondary N) is 2.